The van der Waals surface area contributed by atoms with Gasteiger partial charge in [0.25, 0.3) is 5.56 Å². The van der Waals surface area contributed by atoms with Crippen molar-refractivity contribution in [2.24, 2.45) is 0 Å². The van der Waals surface area contributed by atoms with Crippen LogP contribution in [0.5, 0.6) is 0 Å². The molecule has 2 heterocycles. The van der Waals surface area contributed by atoms with Gasteiger partial charge in [0.1, 0.15) is 11.4 Å². The Balaban J connectivity index is 2.06. The second-order valence-corrected chi connectivity index (χ2v) is 5.24. The largest absolute Gasteiger partial charge is 0.477 e. The van der Waals surface area contributed by atoms with Crippen LogP contribution in [0.15, 0.2) is 22.3 Å². The van der Waals surface area contributed by atoms with Gasteiger partial charge in [-0.3, -0.25) is 4.79 Å². The molecule has 0 atom stereocenters. The molecule has 0 aliphatic rings. The molecule has 0 aliphatic carbocycles. The van der Waals surface area contributed by atoms with Gasteiger partial charge in [-0.1, -0.05) is 6.07 Å². The second kappa shape index (κ2) is 5.79. The lowest BCUT2D eigenvalue weighted by Gasteiger charge is -2.04. The maximum atomic E-state index is 11.6. The molecule has 0 saturated carbocycles. The van der Waals surface area contributed by atoms with Gasteiger partial charge in [0.15, 0.2) is 0 Å². The van der Waals surface area contributed by atoms with Crippen molar-refractivity contribution < 1.29 is 9.90 Å². The molecule has 0 radical (unpaired) electrons. The predicted octanol–water partition coefficient (Wildman–Crippen LogP) is 2.01. The summed E-state index contributed by atoms with van der Waals surface area (Å²) in [4.78, 5) is 30.5. The lowest BCUT2D eigenvalue weighted by atomic mass is 10.2. The van der Waals surface area contributed by atoms with Crippen molar-refractivity contribution in [3.05, 3.63) is 49.8 Å². The summed E-state index contributed by atoms with van der Waals surface area (Å²) < 4.78 is 0. The first kappa shape index (κ1) is 13.5. The molecule has 0 amide bonds. The molecule has 0 aromatic carbocycles. The Kier molecular flexibility index (Phi) is 4.11. The van der Waals surface area contributed by atoms with E-state index >= 15 is 0 Å². The molecule has 0 fully saturated rings. The van der Waals surface area contributed by atoms with Gasteiger partial charge in [-0.25, -0.2) is 9.78 Å². The molecular formula is C13H14N2O3S. The maximum absolute atomic E-state index is 11.6. The molecule has 6 heteroatoms. The molecule has 2 aromatic heterocycles. The zero-order valence-corrected chi connectivity index (χ0v) is 11.3. The zero-order valence-electron chi connectivity index (χ0n) is 10.5. The molecule has 2 N–H and O–H groups in total. The molecule has 19 heavy (non-hydrogen) atoms. The van der Waals surface area contributed by atoms with E-state index in [0.717, 1.165) is 12.8 Å². The Morgan fingerprint density at radius 1 is 1.47 bits per heavy atom. The third-order valence-electron chi connectivity index (χ3n) is 2.78. The van der Waals surface area contributed by atoms with Crippen LogP contribution in [-0.2, 0) is 12.8 Å². The number of nitrogens with one attached hydrogen (secondary N) is 1. The first-order chi connectivity index (χ1) is 9.08. The SMILES string of the molecule is Cc1nc(CCCc2cccs2)[nH]c(=O)c1C(=O)O. The zero-order chi connectivity index (χ0) is 13.8. The van der Waals surface area contributed by atoms with Gasteiger partial charge in [-0.15, -0.1) is 11.3 Å². The second-order valence-electron chi connectivity index (χ2n) is 4.21. The van der Waals surface area contributed by atoms with Crippen molar-refractivity contribution in [3.63, 3.8) is 0 Å². The van der Waals surface area contributed by atoms with Gasteiger partial charge in [-0.2, -0.15) is 0 Å². The summed E-state index contributed by atoms with van der Waals surface area (Å²) in [6.07, 6.45) is 2.43. The Labute approximate surface area is 114 Å². The summed E-state index contributed by atoms with van der Waals surface area (Å²) in [5, 5.41) is 10.9. The number of H-pyrrole nitrogens is 1. The Morgan fingerprint density at radius 3 is 2.84 bits per heavy atom. The Bertz CT molecular complexity index is 632. The lowest BCUT2D eigenvalue weighted by molar-refractivity contribution is 0.0693. The number of thiophene rings is 1. The van der Waals surface area contributed by atoms with Crippen LogP contribution in [0, 0.1) is 6.92 Å². The quantitative estimate of drug-likeness (QED) is 0.876. The van der Waals surface area contributed by atoms with Gasteiger partial charge in [0.05, 0.1) is 5.69 Å². The van der Waals surface area contributed by atoms with Gasteiger partial charge in [-0.05, 0) is 31.2 Å². The summed E-state index contributed by atoms with van der Waals surface area (Å²) >= 11 is 1.70. The fourth-order valence-electron chi connectivity index (χ4n) is 1.90. The van der Waals surface area contributed by atoms with E-state index in [-0.39, 0.29) is 11.3 Å². The monoisotopic (exact) mass is 278 g/mol. The highest BCUT2D eigenvalue weighted by molar-refractivity contribution is 7.09. The van der Waals surface area contributed by atoms with Crippen LogP contribution in [0.2, 0.25) is 0 Å². The number of aromatic amines is 1. The van der Waals surface area contributed by atoms with Gasteiger partial charge in [0.2, 0.25) is 0 Å². The fraction of sp³-hybridized carbons (Fsp3) is 0.308. The van der Waals surface area contributed by atoms with Crippen molar-refractivity contribution in [2.75, 3.05) is 0 Å². The highest BCUT2D eigenvalue weighted by atomic mass is 32.1. The van der Waals surface area contributed by atoms with Crippen molar-refractivity contribution in [1.82, 2.24) is 9.97 Å². The Hall–Kier alpha value is -1.95. The summed E-state index contributed by atoms with van der Waals surface area (Å²) in [5.41, 5.74) is -0.587. The van der Waals surface area contributed by atoms with Crippen LogP contribution in [-0.4, -0.2) is 21.0 Å². The summed E-state index contributed by atoms with van der Waals surface area (Å²) in [6, 6.07) is 4.07. The van der Waals surface area contributed by atoms with Crippen LogP contribution in [0.3, 0.4) is 0 Å². The van der Waals surface area contributed by atoms with E-state index in [0.29, 0.717) is 12.2 Å². The topological polar surface area (TPSA) is 83.0 Å². The maximum Gasteiger partial charge on any atom is 0.343 e. The first-order valence-electron chi connectivity index (χ1n) is 5.93. The molecule has 0 spiro atoms. The fourth-order valence-corrected chi connectivity index (χ4v) is 2.65. The average molecular weight is 278 g/mol. The molecule has 0 unspecified atom stereocenters. The number of carboxylic acid groups (broad SMARTS) is 1. The van der Waals surface area contributed by atoms with Crippen LogP contribution in [0.1, 0.15) is 33.2 Å². The smallest absolute Gasteiger partial charge is 0.343 e. The van der Waals surface area contributed by atoms with Gasteiger partial charge >= 0.3 is 5.97 Å². The lowest BCUT2D eigenvalue weighted by Crippen LogP contribution is -2.22. The number of hydrogen-bond donors (Lipinski definition) is 2. The van der Waals surface area contributed by atoms with Crippen molar-refractivity contribution in [3.8, 4) is 0 Å². The summed E-state index contributed by atoms with van der Waals surface area (Å²) in [7, 11) is 0. The van der Waals surface area contributed by atoms with Crippen LogP contribution < -0.4 is 5.56 Å². The molecular weight excluding hydrogens is 264 g/mol. The van der Waals surface area contributed by atoms with E-state index in [9.17, 15) is 9.59 Å². The first-order valence-corrected chi connectivity index (χ1v) is 6.81. The predicted molar refractivity (Wildman–Crippen MR) is 72.9 cm³/mol. The van der Waals surface area contributed by atoms with Crippen molar-refractivity contribution in [2.45, 2.75) is 26.2 Å². The minimum Gasteiger partial charge on any atom is -0.477 e. The van der Waals surface area contributed by atoms with E-state index in [4.69, 9.17) is 5.11 Å². The molecule has 0 aliphatic heterocycles. The molecule has 5 nitrogen and oxygen atoms in total. The van der Waals surface area contributed by atoms with Gasteiger partial charge in [0, 0.05) is 11.3 Å². The third-order valence-corrected chi connectivity index (χ3v) is 3.72. The van der Waals surface area contributed by atoms with E-state index in [1.54, 1.807) is 18.3 Å². The van der Waals surface area contributed by atoms with E-state index in [1.165, 1.54) is 4.88 Å². The molecule has 2 aromatic rings. The number of rotatable bonds is 5. The number of carboxylic acids is 1. The summed E-state index contributed by atoms with van der Waals surface area (Å²) in [5.74, 6) is -0.694. The van der Waals surface area contributed by atoms with Crippen molar-refractivity contribution >= 4 is 17.3 Å². The van der Waals surface area contributed by atoms with Crippen LogP contribution >= 0.6 is 11.3 Å². The van der Waals surface area contributed by atoms with Gasteiger partial charge < -0.3 is 10.1 Å². The number of aromatic carboxylic acids is 1. The van der Waals surface area contributed by atoms with E-state index < -0.39 is 11.5 Å². The third kappa shape index (κ3) is 3.29. The number of nitrogens with zero attached hydrogens (tertiary/aromatic N) is 1. The molecule has 0 saturated heterocycles. The molecule has 0 bridgehead atoms. The number of aromatic nitrogens is 2. The number of carbonyl (C=O) groups is 1. The molecule has 2 rings (SSSR count). The van der Waals surface area contributed by atoms with Crippen LogP contribution in [0.25, 0.3) is 0 Å². The highest BCUT2D eigenvalue weighted by Gasteiger charge is 2.14. The minimum absolute atomic E-state index is 0.266. The van der Waals surface area contributed by atoms with E-state index in [2.05, 4.69) is 16.0 Å². The minimum atomic E-state index is -1.24. The van der Waals surface area contributed by atoms with E-state index in [1.807, 2.05) is 11.4 Å². The number of hydrogen-bond acceptors (Lipinski definition) is 4. The standard InChI is InChI=1S/C13H14N2O3S/c1-8-11(13(17)18)12(16)15-10(14-8)6-2-4-9-5-3-7-19-9/h3,5,7H,2,4,6H2,1H3,(H,17,18)(H,14,15,16). The Morgan fingerprint density at radius 2 is 2.26 bits per heavy atom. The normalized spacial score (nSPS) is 10.6. The highest BCUT2D eigenvalue weighted by Crippen LogP contribution is 2.12. The number of aryl methyl sites for hydroxylation is 3. The summed E-state index contributed by atoms with van der Waals surface area (Å²) in [6.45, 7) is 1.54. The van der Waals surface area contributed by atoms with Crippen molar-refractivity contribution in [1.29, 1.82) is 0 Å². The molecule has 100 valence electrons. The van der Waals surface area contributed by atoms with Crippen LogP contribution in [0.4, 0.5) is 0 Å². The average Bonchev–Trinajstić information content (AvgIpc) is 2.80.